The van der Waals surface area contributed by atoms with Crippen molar-refractivity contribution in [2.75, 3.05) is 19.3 Å². The lowest BCUT2D eigenvalue weighted by molar-refractivity contribution is 0.391. The fraction of sp³-hybridized carbons (Fsp3) is 0.500. The summed E-state index contributed by atoms with van der Waals surface area (Å²) in [6.45, 7) is 10.1. The minimum absolute atomic E-state index is 0.204. The van der Waals surface area contributed by atoms with Crippen LogP contribution in [0, 0.1) is 19.7 Å². The Bertz CT molecular complexity index is 756. The van der Waals surface area contributed by atoms with Crippen molar-refractivity contribution in [1.29, 1.82) is 0 Å². The first-order chi connectivity index (χ1) is 13.0. The summed E-state index contributed by atoms with van der Waals surface area (Å²) < 4.78 is 18.8. The molecule has 0 spiro atoms. The van der Waals surface area contributed by atoms with Crippen LogP contribution in [0.15, 0.2) is 27.7 Å². The van der Waals surface area contributed by atoms with Gasteiger partial charge in [-0.3, -0.25) is 0 Å². The van der Waals surface area contributed by atoms with Crippen LogP contribution in [-0.2, 0) is 12.3 Å². The summed E-state index contributed by atoms with van der Waals surface area (Å²) in [4.78, 5) is 4.68. The van der Waals surface area contributed by atoms with E-state index in [2.05, 4.69) is 27.7 Å². The summed E-state index contributed by atoms with van der Waals surface area (Å²) >= 11 is 1.68. The van der Waals surface area contributed by atoms with E-state index in [0.29, 0.717) is 6.54 Å². The molecule has 1 aromatic heterocycles. The average molecular weight is 393 g/mol. The molecule has 0 aliphatic carbocycles. The van der Waals surface area contributed by atoms with Crippen LogP contribution in [0.3, 0.4) is 0 Å². The number of benzene rings is 1. The van der Waals surface area contributed by atoms with Crippen molar-refractivity contribution in [3.8, 4) is 0 Å². The lowest BCUT2D eigenvalue weighted by Crippen LogP contribution is -2.39. The Morgan fingerprint density at radius 1 is 1.30 bits per heavy atom. The standard InChI is InChI=1S/C20H29FN4OS/c1-6-22-20(23-10-13(2)19-14(3)25-26-15(19)4)24-11-16-7-8-18(21)9-17(16)12-27-5/h7-9,13H,6,10-12H2,1-5H3,(H2,22,23,24). The van der Waals surface area contributed by atoms with Crippen LogP contribution in [0.5, 0.6) is 0 Å². The van der Waals surface area contributed by atoms with Crippen LogP contribution < -0.4 is 10.6 Å². The molecule has 1 atom stereocenters. The second kappa shape index (κ2) is 10.3. The van der Waals surface area contributed by atoms with E-state index in [1.807, 2.05) is 33.1 Å². The van der Waals surface area contributed by atoms with Crippen molar-refractivity contribution in [3.63, 3.8) is 0 Å². The molecule has 0 fully saturated rings. The summed E-state index contributed by atoms with van der Waals surface area (Å²) in [5.74, 6) is 2.42. The molecule has 2 N–H and O–H groups in total. The van der Waals surface area contributed by atoms with E-state index in [1.165, 1.54) is 6.07 Å². The molecular weight excluding hydrogens is 363 g/mol. The van der Waals surface area contributed by atoms with Crippen LogP contribution in [0.1, 0.15) is 47.9 Å². The van der Waals surface area contributed by atoms with Crippen LogP contribution in [0.25, 0.3) is 0 Å². The molecule has 2 aromatic rings. The Hall–Kier alpha value is -2.02. The number of nitrogens with one attached hydrogen (secondary N) is 2. The molecule has 0 amide bonds. The van der Waals surface area contributed by atoms with Crippen molar-refractivity contribution in [1.82, 2.24) is 15.8 Å². The number of aromatic nitrogens is 1. The molecule has 1 aromatic carbocycles. The van der Waals surface area contributed by atoms with Crippen molar-refractivity contribution in [2.24, 2.45) is 4.99 Å². The zero-order valence-electron chi connectivity index (χ0n) is 16.7. The van der Waals surface area contributed by atoms with Gasteiger partial charge in [0, 0.05) is 30.3 Å². The van der Waals surface area contributed by atoms with E-state index in [1.54, 1.807) is 17.8 Å². The Morgan fingerprint density at radius 3 is 2.70 bits per heavy atom. The fourth-order valence-electron chi connectivity index (χ4n) is 3.09. The Morgan fingerprint density at radius 2 is 2.07 bits per heavy atom. The first-order valence-electron chi connectivity index (χ1n) is 9.17. The number of hydrogen-bond acceptors (Lipinski definition) is 4. The van der Waals surface area contributed by atoms with Gasteiger partial charge in [-0.1, -0.05) is 18.1 Å². The predicted octanol–water partition coefficient (Wildman–Crippen LogP) is 4.15. The largest absolute Gasteiger partial charge is 0.361 e. The van der Waals surface area contributed by atoms with E-state index < -0.39 is 0 Å². The second-order valence-electron chi connectivity index (χ2n) is 6.56. The van der Waals surface area contributed by atoms with Gasteiger partial charge < -0.3 is 15.2 Å². The third kappa shape index (κ3) is 5.99. The quantitative estimate of drug-likeness (QED) is 0.522. The molecule has 0 bridgehead atoms. The van der Waals surface area contributed by atoms with Crippen molar-refractivity contribution in [3.05, 3.63) is 52.2 Å². The van der Waals surface area contributed by atoms with Gasteiger partial charge in [0.05, 0.1) is 12.2 Å². The molecule has 0 saturated heterocycles. The van der Waals surface area contributed by atoms with Gasteiger partial charge in [-0.25, -0.2) is 9.38 Å². The summed E-state index contributed by atoms with van der Waals surface area (Å²) in [5.41, 5.74) is 4.10. The third-order valence-electron chi connectivity index (χ3n) is 4.38. The molecular formula is C20H29FN4OS. The number of aliphatic imine (C=N–C) groups is 1. The number of rotatable bonds is 8. The number of halogens is 1. The molecule has 148 valence electrons. The molecule has 0 saturated carbocycles. The Kier molecular flexibility index (Phi) is 8.16. The van der Waals surface area contributed by atoms with Crippen molar-refractivity contribution in [2.45, 2.75) is 45.9 Å². The zero-order valence-corrected chi connectivity index (χ0v) is 17.5. The van der Waals surface area contributed by atoms with E-state index in [0.717, 1.165) is 52.9 Å². The molecule has 1 heterocycles. The minimum atomic E-state index is -0.204. The van der Waals surface area contributed by atoms with Gasteiger partial charge in [0.15, 0.2) is 5.96 Å². The van der Waals surface area contributed by atoms with E-state index >= 15 is 0 Å². The molecule has 0 aliphatic heterocycles. The van der Waals surface area contributed by atoms with Gasteiger partial charge in [0.25, 0.3) is 0 Å². The van der Waals surface area contributed by atoms with Gasteiger partial charge in [-0.15, -0.1) is 0 Å². The number of aryl methyl sites for hydroxylation is 2. The summed E-state index contributed by atoms with van der Waals surface area (Å²) in [6.07, 6.45) is 2.01. The molecule has 2 rings (SSSR count). The maximum Gasteiger partial charge on any atom is 0.191 e. The van der Waals surface area contributed by atoms with Gasteiger partial charge in [0.1, 0.15) is 11.6 Å². The highest BCUT2D eigenvalue weighted by atomic mass is 32.2. The third-order valence-corrected chi connectivity index (χ3v) is 4.98. The number of thioether (sulfide) groups is 1. The molecule has 27 heavy (non-hydrogen) atoms. The molecule has 5 nitrogen and oxygen atoms in total. The topological polar surface area (TPSA) is 62.5 Å². The van der Waals surface area contributed by atoms with Crippen LogP contribution in [-0.4, -0.2) is 30.5 Å². The maximum atomic E-state index is 13.5. The minimum Gasteiger partial charge on any atom is -0.361 e. The highest BCUT2D eigenvalue weighted by molar-refractivity contribution is 7.97. The molecule has 0 radical (unpaired) electrons. The molecule has 7 heteroatoms. The summed E-state index contributed by atoms with van der Waals surface area (Å²) in [5, 5.41) is 10.7. The van der Waals surface area contributed by atoms with Gasteiger partial charge in [-0.05, 0) is 50.3 Å². The number of guanidine groups is 1. The van der Waals surface area contributed by atoms with E-state index in [9.17, 15) is 4.39 Å². The van der Waals surface area contributed by atoms with Crippen molar-refractivity contribution >= 4 is 17.7 Å². The SMILES string of the molecule is CCNC(=NCc1ccc(F)cc1CSC)NCC(C)c1c(C)noc1C. The monoisotopic (exact) mass is 392 g/mol. The lowest BCUT2D eigenvalue weighted by atomic mass is 10.00. The normalized spacial score (nSPS) is 12.9. The zero-order chi connectivity index (χ0) is 19.8. The van der Waals surface area contributed by atoms with Gasteiger partial charge >= 0.3 is 0 Å². The summed E-state index contributed by atoms with van der Waals surface area (Å²) in [7, 11) is 0. The average Bonchev–Trinajstić information content (AvgIpc) is 2.97. The fourth-order valence-corrected chi connectivity index (χ4v) is 3.67. The van der Waals surface area contributed by atoms with Gasteiger partial charge in [0.2, 0.25) is 0 Å². The lowest BCUT2D eigenvalue weighted by Gasteiger charge is -2.16. The summed E-state index contributed by atoms with van der Waals surface area (Å²) in [6, 6.07) is 4.91. The highest BCUT2D eigenvalue weighted by Crippen LogP contribution is 2.22. The maximum absolute atomic E-state index is 13.5. The molecule has 0 aliphatic rings. The smallest absolute Gasteiger partial charge is 0.191 e. The Labute approximate surface area is 165 Å². The number of nitrogens with zero attached hydrogens (tertiary/aromatic N) is 2. The van der Waals surface area contributed by atoms with Gasteiger partial charge in [-0.2, -0.15) is 11.8 Å². The second-order valence-corrected chi connectivity index (χ2v) is 7.43. The highest BCUT2D eigenvalue weighted by Gasteiger charge is 2.16. The predicted molar refractivity (Wildman–Crippen MR) is 111 cm³/mol. The van der Waals surface area contributed by atoms with Crippen LogP contribution >= 0.6 is 11.8 Å². The van der Waals surface area contributed by atoms with E-state index in [4.69, 9.17) is 4.52 Å². The Balaban J connectivity index is 2.06. The van der Waals surface area contributed by atoms with E-state index in [-0.39, 0.29) is 11.7 Å². The van der Waals surface area contributed by atoms with Crippen LogP contribution in [0.4, 0.5) is 4.39 Å². The van der Waals surface area contributed by atoms with Crippen molar-refractivity contribution < 1.29 is 8.91 Å². The first-order valence-corrected chi connectivity index (χ1v) is 10.6. The number of hydrogen-bond donors (Lipinski definition) is 2. The first kappa shape index (κ1) is 21.3. The van der Waals surface area contributed by atoms with Crippen LogP contribution in [0.2, 0.25) is 0 Å². The molecule has 1 unspecified atom stereocenters.